The van der Waals surface area contributed by atoms with Crippen LogP contribution in [-0.4, -0.2) is 17.1 Å². The SMILES string of the molecule is COc1ccc2nc(C(F)(F)F)cnc2c1. The van der Waals surface area contributed by atoms with Crippen LogP contribution in [0.15, 0.2) is 24.4 Å². The van der Waals surface area contributed by atoms with Crippen molar-refractivity contribution in [2.45, 2.75) is 6.18 Å². The number of rotatable bonds is 1. The number of hydrogen-bond acceptors (Lipinski definition) is 3. The fourth-order valence-corrected chi connectivity index (χ4v) is 1.25. The lowest BCUT2D eigenvalue weighted by molar-refractivity contribution is -0.141. The van der Waals surface area contributed by atoms with Gasteiger partial charge in [0.15, 0.2) is 5.69 Å². The summed E-state index contributed by atoms with van der Waals surface area (Å²) in [7, 11) is 1.47. The van der Waals surface area contributed by atoms with Crippen molar-refractivity contribution in [1.29, 1.82) is 0 Å². The second-order valence-corrected chi connectivity index (χ2v) is 3.11. The molecule has 0 bridgehead atoms. The van der Waals surface area contributed by atoms with Crippen molar-refractivity contribution in [2.75, 3.05) is 7.11 Å². The molecule has 2 rings (SSSR count). The second-order valence-electron chi connectivity index (χ2n) is 3.11. The van der Waals surface area contributed by atoms with Crippen LogP contribution in [0.5, 0.6) is 5.75 Å². The molecule has 0 fully saturated rings. The Bertz CT molecular complexity index is 525. The van der Waals surface area contributed by atoms with Gasteiger partial charge in [0.1, 0.15) is 5.75 Å². The van der Waals surface area contributed by atoms with E-state index in [0.717, 1.165) is 0 Å². The minimum atomic E-state index is -4.47. The summed E-state index contributed by atoms with van der Waals surface area (Å²) in [4.78, 5) is 7.17. The first-order valence-corrected chi connectivity index (χ1v) is 4.39. The van der Waals surface area contributed by atoms with Gasteiger partial charge in [0, 0.05) is 6.07 Å². The maximum absolute atomic E-state index is 12.3. The molecule has 0 amide bonds. The number of fused-ring (bicyclic) bond motifs is 1. The summed E-state index contributed by atoms with van der Waals surface area (Å²) in [5, 5.41) is 0. The van der Waals surface area contributed by atoms with Gasteiger partial charge in [0.05, 0.1) is 24.3 Å². The molecule has 0 spiro atoms. The van der Waals surface area contributed by atoms with Crippen LogP contribution in [0.25, 0.3) is 11.0 Å². The molecule has 0 saturated heterocycles. The largest absolute Gasteiger partial charge is 0.497 e. The van der Waals surface area contributed by atoms with Crippen molar-refractivity contribution in [2.24, 2.45) is 0 Å². The van der Waals surface area contributed by atoms with Gasteiger partial charge in [0.2, 0.25) is 0 Å². The zero-order chi connectivity index (χ0) is 11.8. The van der Waals surface area contributed by atoms with Gasteiger partial charge in [-0.05, 0) is 12.1 Å². The molecule has 1 aromatic heterocycles. The lowest BCUT2D eigenvalue weighted by Gasteiger charge is -2.06. The minimum Gasteiger partial charge on any atom is -0.497 e. The highest BCUT2D eigenvalue weighted by Gasteiger charge is 2.33. The molecule has 0 aliphatic rings. The van der Waals surface area contributed by atoms with E-state index in [-0.39, 0.29) is 5.52 Å². The van der Waals surface area contributed by atoms with E-state index in [9.17, 15) is 13.2 Å². The molecule has 0 unspecified atom stereocenters. The van der Waals surface area contributed by atoms with Gasteiger partial charge in [-0.2, -0.15) is 13.2 Å². The molecule has 84 valence electrons. The second kappa shape index (κ2) is 3.62. The van der Waals surface area contributed by atoms with E-state index in [1.807, 2.05) is 0 Å². The number of halogens is 3. The first-order valence-electron chi connectivity index (χ1n) is 4.39. The fourth-order valence-electron chi connectivity index (χ4n) is 1.25. The molecule has 3 nitrogen and oxygen atoms in total. The Morgan fingerprint density at radius 3 is 2.56 bits per heavy atom. The molecule has 0 saturated carbocycles. The molecule has 2 aromatic rings. The van der Waals surface area contributed by atoms with Gasteiger partial charge in [-0.25, -0.2) is 4.98 Å². The van der Waals surface area contributed by atoms with Crippen LogP contribution in [0, 0.1) is 0 Å². The Morgan fingerprint density at radius 1 is 1.19 bits per heavy atom. The molecule has 0 N–H and O–H groups in total. The third kappa shape index (κ3) is 1.91. The van der Waals surface area contributed by atoms with Gasteiger partial charge in [0.25, 0.3) is 0 Å². The van der Waals surface area contributed by atoms with Crippen molar-refractivity contribution in [3.8, 4) is 5.75 Å². The molecule has 0 atom stereocenters. The van der Waals surface area contributed by atoms with Crippen LogP contribution in [0.3, 0.4) is 0 Å². The standard InChI is InChI=1S/C10H7F3N2O/c1-16-6-2-3-7-8(4-6)14-5-9(15-7)10(11,12)13/h2-5H,1H3. The van der Waals surface area contributed by atoms with Crippen LogP contribution in [0.4, 0.5) is 13.2 Å². The van der Waals surface area contributed by atoms with Crippen molar-refractivity contribution in [3.05, 3.63) is 30.1 Å². The highest BCUT2D eigenvalue weighted by Crippen LogP contribution is 2.28. The van der Waals surface area contributed by atoms with E-state index < -0.39 is 11.9 Å². The average molecular weight is 228 g/mol. The maximum Gasteiger partial charge on any atom is 0.434 e. The van der Waals surface area contributed by atoms with E-state index in [1.165, 1.54) is 25.3 Å². The fraction of sp³-hybridized carbons (Fsp3) is 0.200. The quantitative estimate of drug-likeness (QED) is 0.752. The van der Waals surface area contributed by atoms with Gasteiger partial charge in [-0.3, -0.25) is 4.98 Å². The van der Waals surface area contributed by atoms with Crippen LogP contribution in [0.1, 0.15) is 5.69 Å². The molecule has 0 aliphatic heterocycles. The number of hydrogen-bond donors (Lipinski definition) is 0. The summed E-state index contributed by atoms with van der Waals surface area (Å²) < 4.78 is 41.9. The predicted octanol–water partition coefficient (Wildman–Crippen LogP) is 2.66. The Labute approximate surface area is 88.9 Å². The third-order valence-electron chi connectivity index (χ3n) is 2.04. The molecule has 1 heterocycles. The van der Waals surface area contributed by atoms with Crippen LogP contribution in [0.2, 0.25) is 0 Å². The summed E-state index contributed by atoms with van der Waals surface area (Å²) in [5.74, 6) is 0.529. The predicted molar refractivity (Wildman–Crippen MR) is 51.1 cm³/mol. The molecule has 6 heteroatoms. The lowest BCUT2D eigenvalue weighted by atomic mass is 10.2. The van der Waals surface area contributed by atoms with Crippen LogP contribution < -0.4 is 4.74 Å². The van der Waals surface area contributed by atoms with E-state index in [0.29, 0.717) is 17.5 Å². The highest BCUT2D eigenvalue weighted by atomic mass is 19.4. The lowest BCUT2D eigenvalue weighted by Crippen LogP contribution is -2.08. The number of nitrogens with zero attached hydrogens (tertiary/aromatic N) is 2. The Morgan fingerprint density at radius 2 is 1.94 bits per heavy atom. The molecule has 0 radical (unpaired) electrons. The molecule has 1 aromatic carbocycles. The highest BCUT2D eigenvalue weighted by molar-refractivity contribution is 5.75. The normalized spacial score (nSPS) is 11.8. The number of benzene rings is 1. The Balaban J connectivity index is 2.56. The van der Waals surface area contributed by atoms with Gasteiger partial charge >= 0.3 is 6.18 Å². The summed E-state index contributed by atoms with van der Waals surface area (Å²) >= 11 is 0. The van der Waals surface area contributed by atoms with E-state index >= 15 is 0 Å². The van der Waals surface area contributed by atoms with Gasteiger partial charge in [-0.15, -0.1) is 0 Å². The van der Waals surface area contributed by atoms with E-state index in [2.05, 4.69) is 9.97 Å². The molecular formula is C10H7F3N2O. The third-order valence-corrected chi connectivity index (χ3v) is 2.04. The first-order chi connectivity index (χ1) is 7.50. The van der Waals surface area contributed by atoms with E-state index in [4.69, 9.17) is 4.74 Å². The molecule has 0 aliphatic carbocycles. The molecule has 16 heavy (non-hydrogen) atoms. The Kier molecular flexibility index (Phi) is 2.41. The van der Waals surface area contributed by atoms with Crippen molar-refractivity contribution >= 4 is 11.0 Å². The van der Waals surface area contributed by atoms with Gasteiger partial charge < -0.3 is 4.74 Å². The summed E-state index contributed by atoms with van der Waals surface area (Å²) in [5.41, 5.74) is -0.437. The summed E-state index contributed by atoms with van der Waals surface area (Å²) in [6, 6.07) is 4.51. The average Bonchev–Trinajstić information content (AvgIpc) is 2.26. The monoisotopic (exact) mass is 228 g/mol. The Hall–Kier alpha value is -1.85. The maximum atomic E-state index is 12.3. The number of methoxy groups -OCH3 is 1. The summed E-state index contributed by atoms with van der Waals surface area (Å²) in [6.45, 7) is 0. The minimum absolute atomic E-state index is 0.190. The smallest absolute Gasteiger partial charge is 0.434 e. The topological polar surface area (TPSA) is 35.0 Å². The van der Waals surface area contributed by atoms with Crippen molar-refractivity contribution in [3.63, 3.8) is 0 Å². The number of ether oxygens (including phenoxy) is 1. The number of alkyl halides is 3. The van der Waals surface area contributed by atoms with E-state index in [1.54, 1.807) is 0 Å². The zero-order valence-corrected chi connectivity index (χ0v) is 8.25. The van der Waals surface area contributed by atoms with Crippen LogP contribution >= 0.6 is 0 Å². The van der Waals surface area contributed by atoms with Crippen LogP contribution in [-0.2, 0) is 6.18 Å². The summed E-state index contributed by atoms with van der Waals surface area (Å²) in [6.07, 6.45) is -3.76. The first kappa shape index (κ1) is 10.7. The van der Waals surface area contributed by atoms with Crippen molar-refractivity contribution in [1.82, 2.24) is 9.97 Å². The van der Waals surface area contributed by atoms with Crippen molar-refractivity contribution < 1.29 is 17.9 Å². The number of aromatic nitrogens is 2. The van der Waals surface area contributed by atoms with Gasteiger partial charge in [-0.1, -0.05) is 0 Å². The molecular weight excluding hydrogens is 221 g/mol. The zero-order valence-electron chi connectivity index (χ0n) is 8.25.